The van der Waals surface area contributed by atoms with Crippen molar-refractivity contribution in [3.8, 4) is 0 Å². The van der Waals surface area contributed by atoms with E-state index in [1.54, 1.807) is 28.4 Å². The Labute approximate surface area is 158 Å². The minimum atomic E-state index is -0.0395. The first-order valence-electron chi connectivity index (χ1n) is 8.93. The number of likely N-dealkylation sites (N-methyl/N-ethyl adjacent to an activating group) is 1. The van der Waals surface area contributed by atoms with E-state index in [-0.39, 0.29) is 5.91 Å². The van der Waals surface area contributed by atoms with E-state index in [1.165, 1.54) is 0 Å². The average Bonchev–Trinajstić information content (AvgIpc) is 3.21. The summed E-state index contributed by atoms with van der Waals surface area (Å²) in [6, 6.07) is 8.04. The van der Waals surface area contributed by atoms with Crippen molar-refractivity contribution in [1.29, 1.82) is 0 Å². The first kappa shape index (κ1) is 18.4. The van der Waals surface area contributed by atoms with Crippen LogP contribution in [0, 0.1) is 6.92 Å². The van der Waals surface area contributed by atoms with Gasteiger partial charge in [0.1, 0.15) is 11.3 Å². The number of thiazole rings is 1. The van der Waals surface area contributed by atoms with E-state index in [1.807, 2.05) is 37.6 Å². The molecule has 2 heterocycles. The van der Waals surface area contributed by atoms with Gasteiger partial charge in [-0.2, -0.15) is 0 Å². The fourth-order valence-electron chi connectivity index (χ4n) is 2.92. The third-order valence-corrected chi connectivity index (χ3v) is 5.14. The average molecular weight is 369 g/mol. The van der Waals surface area contributed by atoms with Crippen LogP contribution in [0.5, 0.6) is 0 Å². The molecule has 0 aliphatic heterocycles. The molecule has 136 valence electrons. The lowest BCUT2D eigenvalue weighted by Crippen LogP contribution is -2.24. The van der Waals surface area contributed by atoms with Gasteiger partial charge in [0.2, 0.25) is 5.91 Å². The summed E-state index contributed by atoms with van der Waals surface area (Å²) >= 11 is 1.58. The molecule has 0 radical (unpaired) electrons. The van der Waals surface area contributed by atoms with Gasteiger partial charge >= 0.3 is 0 Å². The third kappa shape index (κ3) is 4.22. The summed E-state index contributed by atoms with van der Waals surface area (Å²) in [7, 11) is 1.82. The number of para-hydroxylation sites is 1. The molecule has 1 amide bonds. The Morgan fingerprint density at radius 3 is 2.88 bits per heavy atom. The highest BCUT2D eigenvalue weighted by Crippen LogP contribution is 2.28. The predicted octanol–water partition coefficient (Wildman–Crippen LogP) is 5.21. The molecule has 0 unspecified atom stereocenters. The van der Waals surface area contributed by atoms with Gasteiger partial charge in [-0.3, -0.25) is 4.79 Å². The highest BCUT2D eigenvalue weighted by atomic mass is 32.1. The molecule has 5 heteroatoms. The van der Waals surface area contributed by atoms with Crippen LogP contribution in [0.25, 0.3) is 17.0 Å². The number of aromatic nitrogens is 1. The van der Waals surface area contributed by atoms with Gasteiger partial charge in [0.05, 0.1) is 10.7 Å². The lowest BCUT2D eigenvalue weighted by atomic mass is 10.1. The van der Waals surface area contributed by atoms with Gasteiger partial charge in [-0.05, 0) is 25.5 Å². The molecule has 3 rings (SSSR count). The minimum Gasteiger partial charge on any atom is -0.461 e. The van der Waals surface area contributed by atoms with Crippen molar-refractivity contribution >= 4 is 34.3 Å². The number of hydrogen-bond acceptors (Lipinski definition) is 4. The quantitative estimate of drug-likeness (QED) is 0.538. The fourth-order valence-corrected chi connectivity index (χ4v) is 3.50. The van der Waals surface area contributed by atoms with E-state index < -0.39 is 0 Å². The highest BCUT2D eigenvalue weighted by molar-refractivity contribution is 7.09. The van der Waals surface area contributed by atoms with E-state index in [2.05, 4.69) is 18.0 Å². The number of aryl methyl sites for hydroxylation is 2. The Hall–Kier alpha value is -2.40. The molecule has 4 nitrogen and oxygen atoms in total. The van der Waals surface area contributed by atoms with Crippen molar-refractivity contribution in [2.45, 2.75) is 39.7 Å². The van der Waals surface area contributed by atoms with Crippen LogP contribution in [-0.4, -0.2) is 22.8 Å². The molecule has 0 aliphatic carbocycles. The molecular formula is C21H24N2O2S. The molecule has 0 N–H and O–H groups in total. The summed E-state index contributed by atoms with van der Waals surface area (Å²) < 4.78 is 6.05. The van der Waals surface area contributed by atoms with Crippen molar-refractivity contribution in [1.82, 2.24) is 9.88 Å². The van der Waals surface area contributed by atoms with Crippen LogP contribution in [0.4, 0.5) is 0 Å². The number of benzene rings is 1. The monoisotopic (exact) mass is 368 g/mol. The van der Waals surface area contributed by atoms with Gasteiger partial charge in [0, 0.05) is 42.4 Å². The predicted molar refractivity (Wildman–Crippen MR) is 107 cm³/mol. The molecule has 0 atom stereocenters. The zero-order chi connectivity index (χ0) is 18.5. The summed E-state index contributed by atoms with van der Waals surface area (Å²) in [5.41, 5.74) is 2.83. The summed E-state index contributed by atoms with van der Waals surface area (Å²) in [6.07, 6.45) is 6.45. The molecular weight excluding hydrogens is 344 g/mol. The number of fused-ring (bicyclic) bond motifs is 1. The van der Waals surface area contributed by atoms with Gasteiger partial charge < -0.3 is 9.32 Å². The smallest absolute Gasteiger partial charge is 0.246 e. The summed E-state index contributed by atoms with van der Waals surface area (Å²) in [5, 5.41) is 4.04. The molecule has 0 fully saturated rings. The number of amides is 1. The van der Waals surface area contributed by atoms with Gasteiger partial charge in [-0.1, -0.05) is 31.5 Å². The van der Waals surface area contributed by atoms with Crippen LogP contribution < -0.4 is 0 Å². The largest absolute Gasteiger partial charge is 0.461 e. The van der Waals surface area contributed by atoms with Crippen molar-refractivity contribution in [3.05, 3.63) is 57.7 Å². The number of carbonyl (C=O) groups excluding carboxylic acids is 1. The maximum atomic E-state index is 12.5. The summed E-state index contributed by atoms with van der Waals surface area (Å²) in [5.74, 6) is 0.953. The second-order valence-electron chi connectivity index (χ2n) is 6.42. The Balaban J connectivity index is 1.78. The van der Waals surface area contributed by atoms with E-state index in [9.17, 15) is 4.79 Å². The van der Waals surface area contributed by atoms with Gasteiger partial charge in [-0.15, -0.1) is 11.3 Å². The molecule has 0 spiro atoms. The van der Waals surface area contributed by atoms with E-state index in [0.717, 1.165) is 52.3 Å². The molecule has 3 aromatic rings. The van der Waals surface area contributed by atoms with Crippen LogP contribution >= 0.6 is 11.3 Å². The molecule has 0 bridgehead atoms. The van der Waals surface area contributed by atoms with Crippen molar-refractivity contribution in [2.24, 2.45) is 0 Å². The summed E-state index contributed by atoms with van der Waals surface area (Å²) in [4.78, 5) is 18.6. The Kier molecular flexibility index (Phi) is 5.89. The van der Waals surface area contributed by atoms with Crippen LogP contribution in [0.15, 0.2) is 40.1 Å². The number of nitrogens with zero attached hydrogens (tertiary/aromatic N) is 2. The van der Waals surface area contributed by atoms with E-state index in [4.69, 9.17) is 4.42 Å². The maximum absolute atomic E-state index is 12.5. The fraction of sp³-hybridized carbons (Fsp3) is 0.333. The third-order valence-electron chi connectivity index (χ3n) is 4.34. The number of hydrogen-bond donors (Lipinski definition) is 0. The Bertz CT molecular complexity index is 923. The summed E-state index contributed by atoms with van der Waals surface area (Å²) in [6.45, 7) is 4.66. The molecule has 0 saturated heterocycles. The second kappa shape index (κ2) is 8.32. The van der Waals surface area contributed by atoms with Gasteiger partial charge in [0.25, 0.3) is 0 Å². The normalized spacial score (nSPS) is 11.5. The number of furan rings is 1. The lowest BCUT2D eigenvalue weighted by molar-refractivity contribution is -0.125. The maximum Gasteiger partial charge on any atom is 0.246 e. The van der Waals surface area contributed by atoms with Crippen molar-refractivity contribution in [3.63, 3.8) is 0 Å². The molecule has 26 heavy (non-hydrogen) atoms. The number of unbranched alkanes of at least 4 members (excludes halogenated alkanes) is 1. The van der Waals surface area contributed by atoms with Crippen molar-refractivity contribution < 1.29 is 9.21 Å². The zero-order valence-corrected chi connectivity index (χ0v) is 16.3. The van der Waals surface area contributed by atoms with Crippen molar-refractivity contribution in [2.75, 3.05) is 7.05 Å². The Morgan fingerprint density at radius 1 is 1.35 bits per heavy atom. The topological polar surface area (TPSA) is 46.3 Å². The number of carbonyl (C=O) groups is 1. The van der Waals surface area contributed by atoms with Gasteiger partial charge in [0.15, 0.2) is 0 Å². The van der Waals surface area contributed by atoms with Crippen LogP contribution in [-0.2, 0) is 17.8 Å². The lowest BCUT2D eigenvalue weighted by Gasteiger charge is -2.15. The zero-order valence-electron chi connectivity index (χ0n) is 15.5. The molecule has 2 aromatic heterocycles. The Morgan fingerprint density at radius 2 is 2.15 bits per heavy atom. The second-order valence-corrected chi connectivity index (χ2v) is 7.48. The highest BCUT2D eigenvalue weighted by Gasteiger charge is 2.17. The van der Waals surface area contributed by atoms with Gasteiger partial charge in [-0.25, -0.2) is 4.98 Å². The standard InChI is InChI=1S/C21H24N2O2S/c1-4-5-9-20-18(17-8-6-7-10-19(17)25-20)13-23(3)21(24)12-11-16-14-26-15(2)22-16/h6-8,10-12,14H,4-5,9,13H2,1-3H3/b12-11+. The van der Waals surface area contributed by atoms with Crippen LogP contribution in [0.1, 0.15) is 41.8 Å². The minimum absolute atomic E-state index is 0.0395. The first-order valence-corrected chi connectivity index (χ1v) is 9.81. The molecule has 0 aliphatic rings. The van der Waals surface area contributed by atoms with Crippen LogP contribution in [0.2, 0.25) is 0 Å². The number of rotatable bonds is 7. The van der Waals surface area contributed by atoms with E-state index >= 15 is 0 Å². The van der Waals surface area contributed by atoms with Crippen LogP contribution in [0.3, 0.4) is 0 Å². The SMILES string of the molecule is CCCCc1oc2ccccc2c1CN(C)C(=O)/C=C/c1csc(C)n1. The first-order chi connectivity index (χ1) is 12.6. The molecule has 1 aromatic carbocycles. The van der Waals surface area contributed by atoms with E-state index in [0.29, 0.717) is 6.54 Å². The molecule has 0 saturated carbocycles.